The molecular formula is C13H21BrN2O2S2. The second kappa shape index (κ2) is 6.44. The zero-order valence-corrected chi connectivity index (χ0v) is 15.2. The van der Waals surface area contributed by atoms with Crippen LogP contribution in [-0.4, -0.2) is 31.9 Å². The molecule has 4 nitrogen and oxygen atoms in total. The lowest BCUT2D eigenvalue weighted by Gasteiger charge is -2.33. The Bertz CT molecular complexity index is 565. The van der Waals surface area contributed by atoms with Crippen LogP contribution in [0, 0.1) is 0 Å². The second-order valence-corrected chi connectivity index (χ2v) is 9.91. The zero-order chi connectivity index (χ0) is 14.9. The minimum Gasteiger partial charge on any atom is -0.310 e. The lowest BCUT2D eigenvalue weighted by molar-refractivity contribution is 0.249. The summed E-state index contributed by atoms with van der Waals surface area (Å²) < 4.78 is 27.5. The Balaban J connectivity index is 2.18. The van der Waals surface area contributed by atoms with Gasteiger partial charge in [-0.3, -0.25) is 0 Å². The first-order chi connectivity index (χ1) is 9.32. The van der Waals surface area contributed by atoms with Gasteiger partial charge >= 0.3 is 0 Å². The average Bonchev–Trinajstić information content (AvgIpc) is 2.66. The van der Waals surface area contributed by atoms with Crippen LogP contribution in [0.5, 0.6) is 0 Å². The van der Waals surface area contributed by atoms with E-state index < -0.39 is 10.0 Å². The van der Waals surface area contributed by atoms with Crippen molar-refractivity contribution in [2.24, 2.45) is 0 Å². The maximum atomic E-state index is 12.6. The summed E-state index contributed by atoms with van der Waals surface area (Å²) in [4.78, 5) is 1.43. The molecule has 7 heteroatoms. The highest BCUT2D eigenvalue weighted by molar-refractivity contribution is 9.11. The predicted molar refractivity (Wildman–Crippen MR) is 86.6 cm³/mol. The van der Waals surface area contributed by atoms with E-state index in [1.54, 1.807) is 13.1 Å². The third-order valence-electron chi connectivity index (χ3n) is 3.64. The lowest BCUT2D eigenvalue weighted by Crippen LogP contribution is -2.41. The lowest BCUT2D eigenvalue weighted by atomic mass is 9.94. The predicted octanol–water partition coefficient (Wildman–Crippen LogP) is 3.18. The van der Waals surface area contributed by atoms with E-state index in [2.05, 4.69) is 35.1 Å². The highest BCUT2D eigenvalue weighted by Crippen LogP contribution is 2.36. The first-order valence-electron chi connectivity index (χ1n) is 6.82. The minimum atomic E-state index is -3.38. The van der Waals surface area contributed by atoms with Gasteiger partial charge in [0.25, 0.3) is 0 Å². The quantitative estimate of drug-likeness (QED) is 0.824. The van der Waals surface area contributed by atoms with Gasteiger partial charge in [0.1, 0.15) is 4.90 Å². The fourth-order valence-corrected chi connectivity index (χ4v) is 6.06. The van der Waals surface area contributed by atoms with E-state index in [0.29, 0.717) is 21.3 Å². The van der Waals surface area contributed by atoms with E-state index in [9.17, 15) is 8.42 Å². The molecule has 1 aromatic heterocycles. The molecule has 1 fully saturated rings. The molecule has 0 spiro atoms. The van der Waals surface area contributed by atoms with Crippen LogP contribution in [-0.2, 0) is 16.6 Å². The van der Waals surface area contributed by atoms with Gasteiger partial charge in [0.15, 0.2) is 0 Å². The van der Waals surface area contributed by atoms with Crippen molar-refractivity contribution in [3.05, 3.63) is 14.7 Å². The van der Waals surface area contributed by atoms with E-state index in [-0.39, 0.29) is 6.04 Å². The first-order valence-corrected chi connectivity index (χ1v) is 9.87. The van der Waals surface area contributed by atoms with Crippen molar-refractivity contribution in [1.82, 2.24) is 9.62 Å². The number of thiophene rings is 1. The molecule has 1 aliphatic carbocycles. The molecule has 1 aromatic rings. The fraction of sp³-hybridized carbons (Fsp3) is 0.692. The van der Waals surface area contributed by atoms with Crippen LogP contribution >= 0.6 is 27.3 Å². The molecule has 2 rings (SSSR count). The van der Waals surface area contributed by atoms with Crippen molar-refractivity contribution < 1.29 is 8.42 Å². The summed E-state index contributed by atoms with van der Waals surface area (Å²) in [5.41, 5.74) is 0. The molecular weight excluding hydrogens is 360 g/mol. The average molecular weight is 381 g/mol. The van der Waals surface area contributed by atoms with Crippen LogP contribution in [0.3, 0.4) is 0 Å². The number of nitrogens with one attached hydrogen (secondary N) is 1. The van der Waals surface area contributed by atoms with Crippen LogP contribution in [0.1, 0.15) is 38.0 Å². The Morgan fingerprint density at radius 3 is 2.65 bits per heavy atom. The Labute approximate surface area is 133 Å². The Morgan fingerprint density at radius 2 is 2.15 bits per heavy atom. The van der Waals surface area contributed by atoms with Gasteiger partial charge in [-0.1, -0.05) is 20.3 Å². The molecule has 1 N–H and O–H groups in total. The minimum absolute atomic E-state index is 0.170. The zero-order valence-electron chi connectivity index (χ0n) is 12.0. The molecule has 0 radical (unpaired) electrons. The fourth-order valence-electron chi connectivity index (χ4n) is 2.07. The molecule has 0 unspecified atom stereocenters. The largest absolute Gasteiger partial charge is 0.310 e. The molecule has 0 saturated heterocycles. The Kier molecular flexibility index (Phi) is 5.29. The van der Waals surface area contributed by atoms with Crippen molar-refractivity contribution in [2.75, 3.05) is 7.05 Å². The number of hydrogen-bond donors (Lipinski definition) is 1. The van der Waals surface area contributed by atoms with E-state index in [1.807, 2.05) is 0 Å². The van der Waals surface area contributed by atoms with Crippen molar-refractivity contribution in [3.63, 3.8) is 0 Å². The smallest absolute Gasteiger partial charge is 0.245 e. The van der Waals surface area contributed by atoms with Crippen LogP contribution < -0.4 is 5.32 Å². The van der Waals surface area contributed by atoms with Gasteiger partial charge in [-0.2, -0.15) is 4.31 Å². The highest BCUT2D eigenvalue weighted by atomic mass is 79.9. The molecule has 0 aromatic carbocycles. The van der Waals surface area contributed by atoms with Gasteiger partial charge in [0, 0.05) is 30.6 Å². The molecule has 1 saturated carbocycles. The third-order valence-corrected chi connectivity index (χ3v) is 7.80. The number of nitrogens with zero attached hydrogens (tertiary/aromatic N) is 1. The van der Waals surface area contributed by atoms with Crippen LogP contribution in [0.4, 0.5) is 0 Å². The van der Waals surface area contributed by atoms with Gasteiger partial charge < -0.3 is 5.32 Å². The number of halogens is 1. The first kappa shape index (κ1) is 16.4. The summed E-state index contributed by atoms with van der Waals surface area (Å²) in [7, 11) is -1.69. The second-order valence-electron chi connectivity index (χ2n) is 5.49. The molecule has 0 aliphatic heterocycles. The molecule has 0 atom stereocenters. The van der Waals surface area contributed by atoms with E-state index in [1.165, 1.54) is 15.6 Å². The van der Waals surface area contributed by atoms with Crippen LogP contribution in [0.25, 0.3) is 0 Å². The summed E-state index contributed by atoms with van der Waals surface area (Å²) in [5, 5.41) is 3.31. The van der Waals surface area contributed by atoms with Crippen molar-refractivity contribution in [2.45, 2.75) is 56.6 Å². The normalized spacial score (nSPS) is 16.9. The van der Waals surface area contributed by atoms with Gasteiger partial charge in [0.05, 0.1) is 3.79 Å². The topological polar surface area (TPSA) is 49.4 Å². The van der Waals surface area contributed by atoms with Gasteiger partial charge in [-0.05, 0) is 34.8 Å². The van der Waals surface area contributed by atoms with E-state index in [0.717, 1.165) is 24.1 Å². The molecule has 1 heterocycles. The summed E-state index contributed by atoms with van der Waals surface area (Å²) in [6.45, 7) is 4.85. The summed E-state index contributed by atoms with van der Waals surface area (Å²) in [6, 6.07) is 2.34. The summed E-state index contributed by atoms with van der Waals surface area (Å²) in [6.07, 6.45) is 3.07. The summed E-state index contributed by atoms with van der Waals surface area (Å²) in [5.74, 6) is 0. The highest BCUT2D eigenvalue weighted by Gasteiger charge is 2.33. The van der Waals surface area contributed by atoms with Crippen LogP contribution in [0.15, 0.2) is 14.7 Å². The monoisotopic (exact) mass is 380 g/mol. The molecule has 0 amide bonds. The van der Waals surface area contributed by atoms with Gasteiger partial charge in [-0.25, -0.2) is 8.42 Å². The molecule has 114 valence electrons. The molecule has 0 bridgehead atoms. The Hall–Kier alpha value is 0.0500. The van der Waals surface area contributed by atoms with Gasteiger partial charge in [-0.15, -0.1) is 11.3 Å². The maximum absolute atomic E-state index is 12.6. The SMILES string of the molecule is CC(C)NCc1cc(S(=O)(=O)N(C)C2CCC2)c(Br)s1. The number of hydrogen-bond acceptors (Lipinski definition) is 4. The number of rotatable bonds is 6. The molecule has 20 heavy (non-hydrogen) atoms. The standard InChI is InChI=1S/C13H21BrN2O2S2/c1-9(2)15-8-11-7-12(13(14)19-11)20(17,18)16(3)10-5-4-6-10/h7,9-10,15H,4-6,8H2,1-3H3. The maximum Gasteiger partial charge on any atom is 0.245 e. The van der Waals surface area contributed by atoms with E-state index in [4.69, 9.17) is 0 Å². The van der Waals surface area contributed by atoms with E-state index >= 15 is 0 Å². The third kappa shape index (κ3) is 3.44. The Morgan fingerprint density at radius 1 is 1.50 bits per heavy atom. The summed E-state index contributed by atoms with van der Waals surface area (Å²) >= 11 is 4.89. The van der Waals surface area contributed by atoms with Crippen molar-refractivity contribution in [1.29, 1.82) is 0 Å². The number of sulfonamides is 1. The van der Waals surface area contributed by atoms with Crippen molar-refractivity contribution >= 4 is 37.3 Å². The van der Waals surface area contributed by atoms with Gasteiger partial charge in [0.2, 0.25) is 10.0 Å². The molecule has 1 aliphatic rings. The van der Waals surface area contributed by atoms with Crippen molar-refractivity contribution in [3.8, 4) is 0 Å². The van der Waals surface area contributed by atoms with Crippen LogP contribution in [0.2, 0.25) is 0 Å².